The van der Waals surface area contributed by atoms with Gasteiger partial charge in [0.05, 0.1) is 12.0 Å². The summed E-state index contributed by atoms with van der Waals surface area (Å²) in [6.45, 7) is 1.97. The summed E-state index contributed by atoms with van der Waals surface area (Å²) in [5.74, 6) is -0.421. The molecule has 0 aliphatic carbocycles. The molecule has 3 N–H and O–H groups in total. The minimum atomic E-state index is -4.77. The van der Waals surface area contributed by atoms with Crippen molar-refractivity contribution < 1.29 is 22.7 Å². The molecule has 12 heteroatoms. The molecule has 0 unspecified atom stereocenters. The van der Waals surface area contributed by atoms with E-state index in [0.717, 1.165) is 35.0 Å². The summed E-state index contributed by atoms with van der Waals surface area (Å²) in [4.78, 5) is 16.2. The number of ether oxygens (including phenoxy) is 1. The highest BCUT2D eigenvalue weighted by Gasteiger charge is 2.30. The second-order valence-electron chi connectivity index (χ2n) is 6.10. The number of halogens is 3. The molecule has 1 amide bonds. The van der Waals surface area contributed by atoms with Crippen LogP contribution in [0.2, 0.25) is 0 Å². The normalized spacial score (nSPS) is 11.5. The maximum atomic E-state index is 12.2. The molecule has 0 bridgehead atoms. The maximum Gasteiger partial charge on any atom is 0.573 e. The summed E-state index contributed by atoms with van der Waals surface area (Å²) in [6, 6.07) is 12.6. The number of hydrazone groups is 1. The first-order valence-corrected chi connectivity index (χ1v) is 9.82. The van der Waals surface area contributed by atoms with E-state index in [-0.39, 0.29) is 17.4 Å². The highest BCUT2D eigenvalue weighted by Crippen LogP contribution is 2.24. The summed E-state index contributed by atoms with van der Waals surface area (Å²) >= 11 is 1.08. The number of carbonyl (C=O) groups is 1. The zero-order valence-electron chi connectivity index (χ0n) is 16.1. The number of benzene rings is 2. The van der Waals surface area contributed by atoms with Crippen LogP contribution in [0, 0.1) is 6.92 Å². The molecular formula is C19H17F3N6O2S. The molecule has 3 aromatic rings. The molecule has 0 aliphatic rings. The largest absolute Gasteiger partial charge is 0.573 e. The van der Waals surface area contributed by atoms with Crippen molar-refractivity contribution in [2.24, 2.45) is 5.10 Å². The van der Waals surface area contributed by atoms with E-state index in [9.17, 15) is 18.0 Å². The second kappa shape index (κ2) is 9.98. The van der Waals surface area contributed by atoms with Gasteiger partial charge in [-0.05, 0) is 42.3 Å². The van der Waals surface area contributed by atoms with Crippen molar-refractivity contribution in [3.8, 4) is 5.75 Å². The number of alkyl halides is 3. The number of hydrogen-bond donors (Lipinski definition) is 3. The van der Waals surface area contributed by atoms with Gasteiger partial charge in [-0.25, -0.2) is 10.5 Å². The number of aromatic nitrogens is 3. The highest BCUT2D eigenvalue weighted by molar-refractivity contribution is 7.99. The number of hydrogen-bond acceptors (Lipinski definition) is 7. The van der Waals surface area contributed by atoms with E-state index in [1.165, 1.54) is 12.1 Å². The predicted molar refractivity (Wildman–Crippen MR) is 111 cm³/mol. The first-order chi connectivity index (χ1) is 14.8. The van der Waals surface area contributed by atoms with E-state index < -0.39 is 6.36 Å². The fraction of sp³-hybridized carbons (Fsp3) is 0.158. The number of thioether (sulfide) groups is 1. The number of amides is 1. The third kappa shape index (κ3) is 7.33. The Morgan fingerprint density at radius 2 is 1.97 bits per heavy atom. The minimum Gasteiger partial charge on any atom is -0.406 e. The lowest BCUT2D eigenvalue weighted by atomic mass is 10.1. The van der Waals surface area contributed by atoms with Gasteiger partial charge in [-0.15, -0.1) is 18.3 Å². The maximum absolute atomic E-state index is 12.2. The summed E-state index contributed by atoms with van der Waals surface area (Å²) in [5, 5.41) is 13.6. The van der Waals surface area contributed by atoms with Gasteiger partial charge >= 0.3 is 6.36 Å². The van der Waals surface area contributed by atoms with Gasteiger partial charge in [0.25, 0.3) is 0 Å². The van der Waals surface area contributed by atoms with Gasteiger partial charge in [-0.2, -0.15) is 10.1 Å². The molecular weight excluding hydrogens is 433 g/mol. The number of rotatable bonds is 8. The smallest absolute Gasteiger partial charge is 0.406 e. The molecule has 0 spiro atoms. The van der Waals surface area contributed by atoms with Gasteiger partial charge in [0.15, 0.2) is 0 Å². The van der Waals surface area contributed by atoms with E-state index >= 15 is 0 Å². The van der Waals surface area contributed by atoms with Crippen LogP contribution in [0.1, 0.15) is 11.1 Å². The lowest BCUT2D eigenvalue weighted by Gasteiger charge is -2.09. The number of nitrogens with zero attached hydrogens (tertiary/aromatic N) is 3. The molecule has 1 heterocycles. The third-order valence-corrected chi connectivity index (χ3v) is 4.58. The number of H-pyrrole nitrogens is 1. The van der Waals surface area contributed by atoms with Gasteiger partial charge < -0.3 is 10.1 Å². The fourth-order valence-corrected chi connectivity index (χ4v) is 2.92. The standard InChI is InChI=1S/C19H17F3N6O2S/c1-12-4-2-3-5-13(12)10-23-26-17-25-18(28-27-17)31-11-16(29)24-14-6-8-15(9-7-14)30-19(20,21)22/h2-10H,11H2,1H3,(H,24,29)(H2,25,26,27,28)/b23-10-. The first-order valence-electron chi connectivity index (χ1n) is 8.84. The van der Waals surface area contributed by atoms with Gasteiger partial charge in [-0.3, -0.25) is 4.79 Å². The number of aryl methyl sites for hydroxylation is 1. The molecule has 0 radical (unpaired) electrons. The molecule has 0 aliphatic heterocycles. The zero-order chi connectivity index (χ0) is 22.3. The molecule has 8 nitrogen and oxygen atoms in total. The van der Waals surface area contributed by atoms with Crippen molar-refractivity contribution in [1.29, 1.82) is 0 Å². The Balaban J connectivity index is 1.44. The Kier molecular flexibility index (Phi) is 7.13. The zero-order valence-corrected chi connectivity index (χ0v) is 16.9. The van der Waals surface area contributed by atoms with Crippen LogP contribution in [0.15, 0.2) is 58.8 Å². The number of nitrogens with one attached hydrogen (secondary N) is 3. The van der Waals surface area contributed by atoms with E-state index in [2.05, 4.69) is 35.8 Å². The average Bonchev–Trinajstić information content (AvgIpc) is 3.16. The quantitative estimate of drug-likeness (QED) is 0.270. The third-order valence-electron chi connectivity index (χ3n) is 3.73. The number of carbonyl (C=O) groups excluding carboxylic acids is 1. The van der Waals surface area contributed by atoms with Crippen LogP contribution in [-0.4, -0.2) is 39.4 Å². The van der Waals surface area contributed by atoms with Gasteiger partial charge in [0.2, 0.25) is 17.0 Å². The Hall–Kier alpha value is -3.54. The van der Waals surface area contributed by atoms with Crippen molar-refractivity contribution in [3.05, 3.63) is 59.7 Å². The SMILES string of the molecule is Cc1ccccc1/C=N\Nc1nc(SCC(=O)Nc2ccc(OC(F)(F)F)cc2)n[nH]1. The number of anilines is 2. The van der Waals surface area contributed by atoms with Crippen molar-refractivity contribution in [3.63, 3.8) is 0 Å². The fourth-order valence-electron chi connectivity index (χ4n) is 2.32. The molecule has 1 aromatic heterocycles. The Morgan fingerprint density at radius 3 is 2.68 bits per heavy atom. The van der Waals surface area contributed by atoms with E-state index in [1.54, 1.807) is 6.21 Å². The van der Waals surface area contributed by atoms with E-state index in [1.807, 2.05) is 31.2 Å². The van der Waals surface area contributed by atoms with Crippen LogP contribution in [0.3, 0.4) is 0 Å². The average molecular weight is 450 g/mol. The monoisotopic (exact) mass is 450 g/mol. The first kappa shape index (κ1) is 22.2. The molecule has 162 valence electrons. The molecule has 31 heavy (non-hydrogen) atoms. The van der Waals surface area contributed by atoms with Gasteiger partial charge in [-0.1, -0.05) is 36.0 Å². The van der Waals surface area contributed by atoms with Crippen LogP contribution in [0.5, 0.6) is 5.75 Å². The minimum absolute atomic E-state index is 0.00454. The molecule has 3 rings (SSSR count). The number of aromatic amines is 1. The molecule has 0 saturated heterocycles. The molecule has 0 saturated carbocycles. The molecule has 0 atom stereocenters. The molecule has 2 aromatic carbocycles. The summed E-state index contributed by atoms with van der Waals surface area (Å²) in [5.41, 5.74) is 5.10. The van der Waals surface area contributed by atoms with Crippen molar-refractivity contribution >= 4 is 35.5 Å². The van der Waals surface area contributed by atoms with Crippen molar-refractivity contribution in [2.45, 2.75) is 18.4 Å². The Bertz CT molecular complexity index is 1050. The summed E-state index contributed by atoms with van der Waals surface area (Å²) in [7, 11) is 0. The van der Waals surface area contributed by atoms with Crippen LogP contribution in [0.25, 0.3) is 0 Å². The van der Waals surface area contributed by atoms with Crippen LogP contribution >= 0.6 is 11.8 Å². The van der Waals surface area contributed by atoms with Crippen molar-refractivity contribution in [2.75, 3.05) is 16.5 Å². The summed E-state index contributed by atoms with van der Waals surface area (Å²) in [6.07, 6.45) is -3.11. The van der Waals surface area contributed by atoms with E-state index in [0.29, 0.717) is 16.8 Å². The highest BCUT2D eigenvalue weighted by atomic mass is 32.2. The van der Waals surface area contributed by atoms with Gasteiger partial charge in [0.1, 0.15) is 5.75 Å². The lowest BCUT2D eigenvalue weighted by Crippen LogP contribution is -2.17. The van der Waals surface area contributed by atoms with Crippen LogP contribution < -0.4 is 15.5 Å². The predicted octanol–water partition coefficient (Wildman–Crippen LogP) is 4.19. The van der Waals surface area contributed by atoms with Crippen LogP contribution in [0.4, 0.5) is 24.8 Å². The lowest BCUT2D eigenvalue weighted by molar-refractivity contribution is -0.274. The Morgan fingerprint density at radius 1 is 1.23 bits per heavy atom. The summed E-state index contributed by atoms with van der Waals surface area (Å²) < 4.78 is 40.2. The second-order valence-corrected chi connectivity index (χ2v) is 7.04. The Labute approximate surface area is 179 Å². The van der Waals surface area contributed by atoms with Gasteiger partial charge in [0, 0.05) is 5.69 Å². The van der Waals surface area contributed by atoms with Crippen LogP contribution in [-0.2, 0) is 4.79 Å². The molecule has 0 fully saturated rings. The van der Waals surface area contributed by atoms with E-state index in [4.69, 9.17) is 0 Å². The topological polar surface area (TPSA) is 104 Å². The van der Waals surface area contributed by atoms with Crippen molar-refractivity contribution in [1.82, 2.24) is 15.2 Å².